The Balaban J connectivity index is 1.77. The molecule has 0 saturated heterocycles. The first kappa shape index (κ1) is 15.9. The van der Waals surface area contributed by atoms with Gasteiger partial charge in [0.15, 0.2) is 11.5 Å². The summed E-state index contributed by atoms with van der Waals surface area (Å²) in [7, 11) is 3.16. The van der Waals surface area contributed by atoms with Gasteiger partial charge in [-0.1, -0.05) is 17.7 Å². The monoisotopic (exact) mass is 338 g/mol. The molecule has 1 aromatic heterocycles. The fraction of sp³-hybridized carbons (Fsp3) is 0.467. The number of benzene rings is 1. The van der Waals surface area contributed by atoms with Crippen LogP contribution in [-0.4, -0.2) is 47.0 Å². The number of fused-ring (bicyclic) bond motifs is 1. The number of rotatable bonds is 4. The van der Waals surface area contributed by atoms with Crippen LogP contribution in [0.4, 0.5) is 0 Å². The number of hydrogen-bond donors (Lipinski definition) is 1. The lowest BCUT2D eigenvalue weighted by Gasteiger charge is -2.21. The molecule has 0 spiro atoms. The number of nitrogens with zero attached hydrogens (tertiary/aromatic N) is 3. The summed E-state index contributed by atoms with van der Waals surface area (Å²) in [6.45, 7) is 2.88. The lowest BCUT2D eigenvalue weighted by molar-refractivity contribution is 0.269. The van der Waals surface area contributed by atoms with Gasteiger partial charge in [0.05, 0.1) is 19.2 Å². The topological polar surface area (TPSA) is 72.4 Å². The van der Waals surface area contributed by atoms with E-state index in [0.717, 1.165) is 30.9 Å². The molecule has 1 N–H and O–H groups in total. The van der Waals surface area contributed by atoms with Crippen LogP contribution in [-0.2, 0) is 19.5 Å². The molecule has 1 aliphatic rings. The van der Waals surface area contributed by atoms with Gasteiger partial charge in [-0.15, -0.1) is 0 Å². The van der Waals surface area contributed by atoms with Crippen molar-refractivity contribution in [3.8, 4) is 11.5 Å². The van der Waals surface area contributed by atoms with Crippen LogP contribution in [0.25, 0.3) is 0 Å². The zero-order valence-electron chi connectivity index (χ0n) is 13.1. The quantitative estimate of drug-likeness (QED) is 0.909. The summed E-state index contributed by atoms with van der Waals surface area (Å²) < 4.78 is 12.3. The van der Waals surface area contributed by atoms with Crippen LogP contribution in [0.5, 0.6) is 11.5 Å². The van der Waals surface area contributed by atoms with Crippen molar-refractivity contribution in [2.75, 3.05) is 27.3 Å². The average molecular weight is 339 g/mol. The fourth-order valence-corrected chi connectivity index (χ4v) is 3.13. The number of aromatic amines is 1. The number of hydrogen-bond acceptors (Lipinski definition) is 5. The minimum absolute atomic E-state index is 0.147. The summed E-state index contributed by atoms with van der Waals surface area (Å²) in [6, 6.07) is 3.80. The third kappa shape index (κ3) is 3.07. The minimum atomic E-state index is -0.147. The fourth-order valence-electron chi connectivity index (χ4n) is 2.83. The van der Waals surface area contributed by atoms with E-state index in [-0.39, 0.29) is 5.69 Å². The summed E-state index contributed by atoms with van der Waals surface area (Å²) in [6.07, 6.45) is 0.726. The molecule has 23 heavy (non-hydrogen) atoms. The largest absolute Gasteiger partial charge is 0.493 e. The van der Waals surface area contributed by atoms with Crippen LogP contribution in [0.15, 0.2) is 16.9 Å². The Kier molecular flexibility index (Phi) is 4.58. The predicted molar refractivity (Wildman–Crippen MR) is 86.4 cm³/mol. The molecule has 124 valence electrons. The van der Waals surface area contributed by atoms with E-state index < -0.39 is 0 Å². The molecule has 0 aliphatic carbocycles. The number of aromatic nitrogens is 3. The second-order valence-electron chi connectivity index (χ2n) is 5.40. The molecule has 0 fully saturated rings. The zero-order valence-corrected chi connectivity index (χ0v) is 13.9. The van der Waals surface area contributed by atoms with Crippen molar-refractivity contribution >= 4 is 11.6 Å². The smallest absolute Gasteiger partial charge is 0.343 e. The molecular formula is C15H19ClN4O3. The average Bonchev–Trinajstić information content (AvgIpc) is 2.78. The molecule has 2 heterocycles. The van der Waals surface area contributed by atoms with E-state index in [4.69, 9.17) is 21.1 Å². The second-order valence-corrected chi connectivity index (χ2v) is 5.77. The lowest BCUT2D eigenvalue weighted by Crippen LogP contribution is -2.28. The Morgan fingerprint density at radius 3 is 2.83 bits per heavy atom. The first-order valence-electron chi connectivity index (χ1n) is 7.39. The van der Waals surface area contributed by atoms with E-state index in [1.54, 1.807) is 18.8 Å². The Hall–Kier alpha value is -1.99. The highest BCUT2D eigenvalue weighted by Crippen LogP contribution is 2.37. The van der Waals surface area contributed by atoms with Crippen LogP contribution >= 0.6 is 11.6 Å². The molecule has 3 rings (SSSR count). The van der Waals surface area contributed by atoms with Gasteiger partial charge in [-0.25, -0.2) is 9.89 Å². The third-order valence-electron chi connectivity index (χ3n) is 4.09. The van der Waals surface area contributed by atoms with Crippen molar-refractivity contribution in [2.45, 2.75) is 19.5 Å². The maximum Gasteiger partial charge on any atom is 0.343 e. The van der Waals surface area contributed by atoms with Gasteiger partial charge in [0.25, 0.3) is 0 Å². The third-order valence-corrected chi connectivity index (χ3v) is 4.50. The molecule has 0 amide bonds. The Labute approximate surface area is 138 Å². The van der Waals surface area contributed by atoms with Crippen LogP contribution in [0.3, 0.4) is 0 Å². The minimum Gasteiger partial charge on any atom is -0.493 e. The van der Waals surface area contributed by atoms with E-state index in [1.807, 2.05) is 12.1 Å². The van der Waals surface area contributed by atoms with Crippen molar-refractivity contribution in [3.63, 3.8) is 0 Å². The highest BCUT2D eigenvalue weighted by atomic mass is 35.5. The number of ether oxygens (including phenoxy) is 2. The van der Waals surface area contributed by atoms with Crippen LogP contribution in [0, 0.1) is 0 Å². The maximum atomic E-state index is 11.7. The maximum absolute atomic E-state index is 11.7. The van der Waals surface area contributed by atoms with Gasteiger partial charge < -0.3 is 9.47 Å². The molecule has 2 aromatic rings. The zero-order chi connectivity index (χ0) is 16.4. The summed E-state index contributed by atoms with van der Waals surface area (Å²) >= 11 is 6.44. The first-order chi connectivity index (χ1) is 11.1. The molecule has 8 heteroatoms. The number of nitrogens with one attached hydrogen (secondary N) is 1. The van der Waals surface area contributed by atoms with Crippen LogP contribution in [0.1, 0.15) is 11.4 Å². The van der Waals surface area contributed by atoms with E-state index >= 15 is 0 Å². The molecular weight excluding hydrogens is 320 g/mol. The summed E-state index contributed by atoms with van der Waals surface area (Å²) in [5, 5.41) is 7.12. The van der Waals surface area contributed by atoms with E-state index in [0.29, 0.717) is 29.6 Å². The summed E-state index contributed by atoms with van der Waals surface area (Å²) in [5.74, 6) is 1.96. The second kappa shape index (κ2) is 6.64. The van der Waals surface area contributed by atoms with E-state index in [9.17, 15) is 4.79 Å². The molecule has 1 aromatic carbocycles. The Morgan fingerprint density at radius 2 is 2.09 bits per heavy atom. The number of H-pyrrole nitrogens is 1. The summed E-state index contributed by atoms with van der Waals surface area (Å²) in [4.78, 5) is 13.9. The lowest BCUT2D eigenvalue weighted by atomic mass is 10.1. The van der Waals surface area contributed by atoms with Crippen molar-refractivity contribution in [1.82, 2.24) is 19.7 Å². The van der Waals surface area contributed by atoms with Crippen molar-refractivity contribution in [1.29, 1.82) is 0 Å². The van der Waals surface area contributed by atoms with Gasteiger partial charge >= 0.3 is 5.69 Å². The molecule has 0 saturated carbocycles. The SMILES string of the molecule is COc1ccc(CN2CCc3n[nH]c(=O)n3CC2)c(Cl)c1OC. The predicted octanol–water partition coefficient (Wildman–Crippen LogP) is 1.30. The Bertz CT molecular complexity index is 756. The van der Waals surface area contributed by atoms with E-state index in [2.05, 4.69) is 15.1 Å². The highest BCUT2D eigenvalue weighted by molar-refractivity contribution is 6.33. The molecule has 1 aliphatic heterocycles. The van der Waals surface area contributed by atoms with Gasteiger partial charge in [-0.05, 0) is 11.6 Å². The summed E-state index contributed by atoms with van der Waals surface area (Å²) in [5.41, 5.74) is 0.823. The highest BCUT2D eigenvalue weighted by Gasteiger charge is 2.19. The normalized spacial score (nSPS) is 15.1. The number of methoxy groups -OCH3 is 2. The molecule has 0 unspecified atom stereocenters. The first-order valence-corrected chi connectivity index (χ1v) is 7.77. The standard InChI is InChI=1S/C15H19ClN4O3/c1-22-11-4-3-10(13(16)14(11)23-2)9-19-6-5-12-17-18-15(21)20(12)8-7-19/h3-4H,5-9H2,1-2H3,(H,18,21). The van der Waals surface area contributed by atoms with Crippen molar-refractivity contribution < 1.29 is 9.47 Å². The molecule has 0 atom stereocenters. The molecule has 0 bridgehead atoms. The van der Waals surface area contributed by atoms with Crippen LogP contribution < -0.4 is 15.2 Å². The number of halogens is 1. The van der Waals surface area contributed by atoms with Crippen LogP contribution in [0.2, 0.25) is 5.02 Å². The van der Waals surface area contributed by atoms with Gasteiger partial charge in [-0.3, -0.25) is 9.47 Å². The van der Waals surface area contributed by atoms with Gasteiger partial charge in [0, 0.05) is 32.6 Å². The van der Waals surface area contributed by atoms with Gasteiger partial charge in [0.1, 0.15) is 5.82 Å². The molecule has 0 radical (unpaired) electrons. The molecule has 7 nitrogen and oxygen atoms in total. The van der Waals surface area contributed by atoms with Gasteiger partial charge in [-0.2, -0.15) is 5.10 Å². The van der Waals surface area contributed by atoms with Crippen molar-refractivity contribution in [2.24, 2.45) is 0 Å². The van der Waals surface area contributed by atoms with Crippen molar-refractivity contribution in [3.05, 3.63) is 39.0 Å². The van der Waals surface area contributed by atoms with E-state index in [1.165, 1.54) is 0 Å². The van der Waals surface area contributed by atoms with Gasteiger partial charge in [0.2, 0.25) is 0 Å². The Morgan fingerprint density at radius 1 is 1.26 bits per heavy atom.